The molecule has 1 aliphatic heterocycles. The number of carboxylic acids is 1. The van der Waals surface area contributed by atoms with Crippen LogP contribution in [0.2, 0.25) is 0 Å². The second kappa shape index (κ2) is 6.68. The molecule has 1 atom stereocenters. The second-order valence-electron chi connectivity index (χ2n) is 6.93. The largest absolute Gasteiger partial charge is 0.489 e. The molecule has 26 heavy (non-hydrogen) atoms. The molecule has 4 nitrogen and oxygen atoms in total. The van der Waals surface area contributed by atoms with Crippen LogP contribution in [0.4, 0.5) is 8.78 Å². The Bertz CT molecular complexity index is 849. The van der Waals surface area contributed by atoms with Gasteiger partial charge in [-0.3, -0.25) is 9.69 Å². The van der Waals surface area contributed by atoms with Gasteiger partial charge in [-0.1, -0.05) is 6.07 Å². The van der Waals surface area contributed by atoms with Crippen LogP contribution in [-0.4, -0.2) is 29.1 Å². The first-order valence-electron chi connectivity index (χ1n) is 8.67. The zero-order valence-electron chi connectivity index (χ0n) is 14.1. The Morgan fingerprint density at radius 1 is 1.19 bits per heavy atom. The maximum absolute atomic E-state index is 13.7. The number of hydrogen-bond acceptors (Lipinski definition) is 3. The number of benzene rings is 2. The van der Waals surface area contributed by atoms with Gasteiger partial charge in [0.05, 0.1) is 5.92 Å². The number of rotatable bonds is 5. The van der Waals surface area contributed by atoms with Crippen LogP contribution >= 0.6 is 0 Å². The fraction of sp³-hybridized carbons (Fsp3) is 0.350. The van der Waals surface area contributed by atoms with Crippen LogP contribution in [0.15, 0.2) is 36.4 Å². The van der Waals surface area contributed by atoms with Gasteiger partial charge in [0.2, 0.25) is 0 Å². The van der Waals surface area contributed by atoms with Crippen molar-refractivity contribution in [3.05, 3.63) is 64.7 Å². The van der Waals surface area contributed by atoms with Crippen molar-refractivity contribution in [1.82, 2.24) is 4.90 Å². The highest BCUT2D eigenvalue weighted by Crippen LogP contribution is 2.40. The molecule has 1 aliphatic carbocycles. The summed E-state index contributed by atoms with van der Waals surface area (Å²) < 4.78 is 32.3. The lowest BCUT2D eigenvalue weighted by atomic mass is 9.95. The average molecular weight is 359 g/mol. The van der Waals surface area contributed by atoms with Crippen LogP contribution in [0, 0.1) is 17.6 Å². The highest BCUT2D eigenvalue weighted by Gasteiger charge is 2.39. The molecule has 1 fully saturated rings. The molecule has 2 aromatic rings. The summed E-state index contributed by atoms with van der Waals surface area (Å²) >= 11 is 0. The summed E-state index contributed by atoms with van der Waals surface area (Å²) in [5.74, 6) is -1.55. The van der Waals surface area contributed by atoms with Gasteiger partial charge in [-0.2, -0.15) is 0 Å². The number of fused-ring (bicyclic) bond motifs is 1. The van der Waals surface area contributed by atoms with Gasteiger partial charge in [0.15, 0.2) is 0 Å². The molecule has 0 spiro atoms. The topological polar surface area (TPSA) is 49.8 Å². The number of ether oxygens (including phenoxy) is 1. The minimum atomic E-state index is -0.726. The molecule has 1 unspecified atom stereocenters. The van der Waals surface area contributed by atoms with Gasteiger partial charge in [0, 0.05) is 30.8 Å². The van der Waals surface area contributed by atoms with E-state index in [1.54, 1.807) is 0 Å². The Balaban J connectivity index is 1.41. The highest BCUT2D eigenvalue weighted by molar-refractivity contribution is 5.71. The number of halogens is 2. The van der Waals surface area contributed by atoms with E-state index in [0.29, 0.717) is 24.4 Å². The molecule has 4 rings (SSSR count). The Kier molecular flexibility index (Phi) is 4.36. The summed E-state index contributed by atoms with van der Waals surface area (Å²) in [4.78, 5) is 13.2. The lowest BCUT2D eigenvalue weighted by Gasteiger charge is -2.41. The lowest BCUT2D eigenvalue weighted by Crippen LogP contribution is -2.51. The van der Waals surface area contributed by atoms with Crippen LogP contribution in [0.1, 0.15) is 29.2 Å². The molecule has 1 N–H and O–H groups in total. The predicted octanol–water partition coefficient (Wildman–Crippen LogP) is 3.55. The molecule has 6 heteroatoms. The number of carbonyl (C=O) groups is 1. The highest BCUT2D eigenvalue weighted by atomic mass is 19.1. The fourth-order valence-corrected chi connectivity index (χ4v) is 3.76. The Morgan fingerprint density at radius 2 is 2.00 bits per heavy atom. The number of hydrogen-bond donors (Lipinski definition) is 1. The van der Waals surface area contributed by atoms with Gasteiger partial charge >= 0.3 is 5.97 Å². The Morgan fingerprint density at radius 3 is 2.73 bits per heavy atom. The second-order valence-corrected chi connectivity index (χ2v) is 6.93. The smallest absolute Gasteiger partial charge is 0.309 e. The van der Waals surface area contributed by atoms with Gasteiger partial charge in [0.25, 0.3) is 0 Å². The quantitative estimate of drug-likeness (QED) is 0.887. The third-order valence-electron chi connectivity index (χ3n) is 5.27. The summed E-state index contributed by atoms with van der Waals surface area (Å²) in [6.07, 6.45) is 1.88. The molecule has 2 aliphatic rings. The van der Waals surface area contributed by atoms with Crippen LogP contribution in [-0.2, 0) is 17.8 Å². The van der Waals surface area contributed by atoms with Crippen LogP contribution in [0.3, 0.4) is 0 Å². The zero-order valence-corrected chi connectivity index (χ0v) is 14.1. The van der Waals surface area contributed by atoms with Crippen LogP contribution in [0.25, 0.3) is 0 Å². The Labute approximate surface area is 150 Å². The molecule has 0 saturated carbocycles. The molecule has 136 valence electrons. The standard InChI is InChI=1S/C20H19F2NO3/c21-15-3-1-13(18(22)8-15)11-26-16-4-5-17-12(7-16)2-6-19(17)23-9-14(10-23)20(24)25/h1,3-5,7-8,14,19H,2,6,9-11H2,(H,24,25). The minimum Gasteiger partial charge on any atom is -0.489 e. The van der Waals surface area contributed by atoms with E-state index >= 15 is 0 Å². The fourth-order valence-electron chi connectivity index (χ4n) is 3.76. The number of nitrogens with zero attached hydrogens (tertiary/aromatic N) is 1. The van der Waals surface area contributed by atoms with Gasteiger partial charge in [0.1, 0.15) is 24.0 Å². The SMILES string of the molecule is O=C(O)C1CN(C2CCc3cc(OCc4ccc(F)cc4F)ccc32)C1. The third-order valence-corrected chi connectivity index (χ3v) is 5.27. The van der Waals surface area contributed by atoms with E-state index in [9.17, 15) is 13.6 Å². The monoisotopic (exact) mass is 359 g/mol. The summed E-state index contributed by atoms with van der Waals surface area (Å²) in [5, 5.41) is 9.02. The van der Waals surface area contributed by atoms with Crippen LogP contribution in [0.5, 0.6) is 5.75 Å². The van der Waals surface area contributed by atoms with Crippen molar-refractivity contribution in [2.24, 2.45) is 5.92 Å². The van der Waals surface area contributed by atoms with Gasteiger partial charge < -0.3 is 9.84 Å². The average Bonchev–Trinajstić information content (AvgIpc) is 2.95. The lowest BCUT2D eigenvalue weighted by molar-refractivity contribution is -0.148. The maximum atomic E-state index is 13.7. The summed E-state index contributed by atoms with van der Waals surface area (Å²) in [6, 6.07) is 9.55. The van der Waals surface area contributed by atoms with E-state index in [1.807, 2.05) is 18.2 Å². The summed E-state index contributed by atoms with van der Waals surface area (Å²) in [6.45, 7) is 1.24. The van der Waals surface area contributed by atoms with E-state index in [1.165, 1.54) is 23.3 Å². The van der Waals surface area contributed by atoms with E-state index in [-0.39, 0.29) is 18.6 Å². The van der Waals surface area contributed by atoms with Crippen LogP contribution < -0.4 is 4.74 Å². The first-order chi connectivity index (χ1) is 12.5. The van der Waals surface area contributed by atoms with Crippen molar-refractivity contribution in [3.63, 3.8) is 0 Å². The normalized spacial score (nSPS) is 19.8. The van der Waals surface area contributed by atoms with E-state index < -0.39 is 17.6 Å². The van der Waals surface area contributed by atoms with Crippen molar-refractivity contribution in [3.8, 4) is 5.75 Å². The van der Waals surface area contributed by atoms with E-state index in [2.05, 4.69) is 4.90 Å². The first kappa shape index (κ1) is 17.0. The van der Waals surface area contributed by atoms with Gasteiger partial charge in [-0.15, -0.1) is 0 Å². The van der Waals surface area contributed by atoms with Crippen molar-refractivity contribution in [2.75, 3.05) is 13.1 Å². The molecular weight excluding hydrogens is 340 g/mol. The number of aryl methyl sites for hydroxylation is 1. The predicted molar refractivity (Wildman–Crippen MR) is 90.9 cm³/mol. The van der Waals surface area contributed by atoms with Crippen molar-refractivity contribution < 1.29 is 23.4 Å². The maximum Gasteiger partial charge on any atom is 0.309 e. The number of likely N-dealkylation sites (tertiary alicyclic amines) is 1. The first-order valence-corrected chi connectivity index (χ1v) is 8.67. The Hall–Kier alpha value is -2.47. The summed E-state index contributed by atoms with van der Waals surface area (Å²) in [7, 11) is 0. The molecule has 2 aromatic carbocycles. The molecule has 0 amide bonds. The zero-order chi connectivity index (χ0) is 18.3. The van der Waals surface area contributed by atoms with Gasteiger partial charge in [-0.25, -0.2) is 8.78 Å². The van der Waals surface area contributed by atoms with E-state index in [0.717, 1.165) is 18.9 Å². The molecular formula is C20H19F2NO3. The molecule has 1 heterocycles. The van der Waals surface area contributed by atoms with E-state index in [4.69, 9.17) is 9.84 Å². The van der Waals surface area contributed by atoms with Crippen molar-refractivity contribution in [2.45, 2.75) is 25.5 Å². The third kappa shape index (κ3) is 3.17. The van der Waals surface area contributed by atoms with Gasteiger partial charge in [-0.05, 0) is 48.2 Å². The molecule has 1 saturated heterocycles. The number of aliphatic carboxylic acids is 1. The molecule has 0 aromatic heterocycles. The van der Waals surface area contributed by atoms with Crippen molar-refractivity contribution >= 4 is 5.97 Å². The molecule has 0 bridgehead atoms. The number of carboxylic acid groups (broad SMARTS) is 1. The summed E-state index contributed by atoms with van der Waals surface area (Å²) in [5.41, 5.74) is 2.71. The van der Waals surface area contributed by atoms with Crippen molar-refractivity contribution in [1.29, 1.82) is 0 Å². The molecule has 0 radical (unpaired) electrons. The minimum absolute atomic E-state index is 0.0424.